The average molecular weight is 500 g/mol. The molecular weight excluding hydrogens is 465 g/mol. The van der Waals surface area contributed by atoms with Crippen molar-refractivity contribution >= 4 is 17.8 Å². The zero-order chi connectivity index (χ0) is 26.3. The molecular formula is C27H34FN3O5. The number of urea groups is 1. The van der Waals surface area contributed by atoms with Crippen molar-refractivity contribution < 1.29 is 28.2 Å². The molecule has 4 amide bonds. The van der Waals surface area contributed by atoms with Gasteiger partial charge >= 0.3 is 6.03 Å². The number of carbonyl (C=O) groups is 3. The van der Waals surface area contributed by atoms with E-state index >= 15 is 0 Å². The number of benzene rings is 2. The van der Waals surface area contributed by atoms with E-state index in [9.17, 15) is 18.8 Å². The van der Waals surface area contributed by atoms with Gasteiger partial charge in [-0.25, -0.2) is 9.18 Å². The molecule has 0 radical (unpaired) electrons. The van der Waals surface area contributed by atoms with Gasteiger partial charge in [0, 0.05) is 13.1 Å². The second-order valence-electron chi connectivity index (χ2n) is 8.83. The summed E-state index contributed by atoms with van der Waals surface area (Å²) in [5, 5.41) is 2.65. The fraction of sp³-hybridized carbons (Fsp3) is 0.444. The van der Waals surface area contributed by atoms with Crippen molar-refractivity contribution in [2.45, 2.75) is 52.6 Å². The van der Waals surface area contributed by atoms with E-state index in [1.165, 1.54) is 24.3 Å². The Morgan fingerprint density at radius 3 is 2.39 bits per heavy atom. The van der Waals surface area contributed by atoms with E-state index < -0.39 is 29.8 Å². The van der Waals surface area contributed by atoms with Gasteiger partial charge in [0.25, 0.3) is 5.91 Å². The number of nitrogens with one attached hydrogen (secondary N) is 1. The van der Waals surface area contributed by atoms with Gasteiger partial charge in [0.1, 0.15) is 17.9 Å². The first-order chi connectivity index (χ1) is 17.2. The van der Waals surface area contributed by atoms with Crippen LogP contribution in [0, 0.1) is 5.82 Å². The molecule has 9 heteroatoms. The van der Waals surface area contributed by atoms with Crippen molar-refractivity contribution in [2.75, 3.05) is 26.3 Å². The van der Waals surface area contributed by atoms with Crippen LogP contribution < -0.4 is 14.8 Å². The molecule has 1 aliphatic heterocycles. The lowest BCUT2D eigenvalue weighted by atomic mass is 9.92. The van der Waals surface area contributed by atoms with Gasteiger partial charge in [0.2, 0.25) is 5.91 Å². The Hall–Kier alpha value is -3.62. The molecule has 1 unspecified atom stereocenters. The third-order valence-electron chi connectivity index (χ3n) is 5.98. The van der Waals surface area contributed by atoms with Crippen molar-refractivity contribution in [1.29, 1.82) is 0 Å². The van der Waals surface area contributed by atoms with Gasteiger partial charge in [0.15, 0.2) is 11.5 Å². The third kappa shape index (κ3) is 5.95. The number of nitrogens with zero attached hydrogens (tertiary/aromatic N) is 2. The number of amides is 4. The van der Waals surface area contributed by atoms with Crippen molar-refractivity contribution in [2.24, 2.45) is 0 Å². The van der Waals surface area contributed by atoms with Gasteiger partial charge in [0.05, 0.1) is 13.2 Å². The summed E-state index contributed by atoms with van der Waals surface area (Å²) in [5.74, 6) is -0.0986. The van der Waals surface area contributed by atoms with Crippen molar-refractivity contribution in [3.63, 3.8) is 0 Å². The maximum Gasteiger partial charge on any atom is 0.325 e. The van der Waals surface area contributed by atoms with Crippen LogP contribution >= 0.6 is 0 Å². The molecule has 1 aliphatic rings. The maximum atomic E-state index is 13.4. The number of imide groups is 1. The Kier molecular flexibility index (Phi) is 8.90. The molecule has 0 aromatic heterocycles. The first-order valence-corrected chi connectivity index (χ1v) is 12.3. The van der Waals surface area contributed by atoms with Crippen LogP contribution in [0.15, 0.2) is 42.5 Å². The molecule has 0 saturated carbocycles. The summed E-state index contributed by atoms with van der Waals surface area (Å²) in [5.41, 5.74) is -0.0876. The minimum atomic E-state index is -1.37. The molecule has 1 heterocycles. The standard InChI is InChI=1S/C27H34FN3O5/c1-5-14-30(17-19-8-13-22(36-15-6-2)23(16-19)35-7-3)24(32)18-31-25(33)27(4,29-26(31)34)20-9-11-21(28)12-10-20/h8-13,16H,5-7,14-15,17-18H2,1-4H3,(H,29,34). The lowest BCUT2D eigenvalue weighted by Gasteiger charge is -2.26. The highest BCUT2D eigenvalue weighted by molar-refractivity contribution is 6.09. The molecule has 1 atom stereocenters. The molecule has 1 N–H and O–H groups in total. The minimum Gasteiger partial charge on any atom is -0.490 e. The zero-order valence-electron chi connectivity index (χ0n) is 21.3. The Morgan fingerprint density at radius 1 is 1.03 bits per heavy atom. The van der Waals surface area contributed by atoms with E-state index in [0.29, 0.717) is 49.8 Å². The van der Waals surface area contributed by atoms with Crippen LogP contribution in [0.3, 0.4) is 0 Å². The maximum absolute atomic E-state index is 13.4. The van der Waals surface area contributed by atoms with E-state index in [1.807, 2.05) is 39.0 Å². The lowest BCUT2D eigenvalue weighted by molar-refractivity contribution is -0.139. The molecule has 0 aliphatic carbocycles. The molecule has 1 fully saturated rings. The van der Waals surface area contributed by atoms with E-state index in [2.05, 4.69) is 5.32 Å². The van der Waals surface area contributed by atoms with Crippen LogP contribution in [0.2, 0.25) is 0 Å². The van der Waals surface area contributed by atoms with E-state index in [1.54, 1.807) is 11.8 Å². The van der Waals surface area contributed by atoms with Crippen LogP contribution in [-0.4, -0.2) is 53.9 Å². The summed E-state index contributed by atoms with van der Waals surface area (Å²) in [7, 11) is 0. The minimum absolute atomic E-state index is 0.291. The van der Waals surface area contributed by atoms with Crippen LogP contribution in [0.5, 0.6) is 11.5 Å². The van der Waals surface area contributed by atoms with Crippen LogP contribution in [0.1, 0.15) is 51.7 Å². The normalized spacial score (nSPS) is 17.2. The van der Waals surface area contributed by atoms with Crippen LogP contribution in [-0.2, 0) is 21.7 Å². The van der Waals surface area contributed by atoms with Crippen LogP contribution in [0.4, 0.5) is 9.18 Å². The predicted octanol–water partition coefficient (Wildman–Crippen LogP) is 4.22. The zero-order valence-corrected chi connectivity index (χ0v) is 21.3. The van der Waals surface area contributed by atoms with Crippen molar-refractivity contribution in [3.05, 3.63) is 59.4 Å². The third-order valence-corrected chi connectivity index (χ3v) is 5.98. The van der Waals surface area contributed by atoms with Gasteiger partial charge < -0.3 is 19.7 Å². The van der Waals surface area contributed by atoms with E-state index in [0.717, 1.165) is 16.9 Å². The summed E-state index contributed by atoms with van der Waals surface area (Å²) >= 11 is 0. The van der Waals surface area contributed by atoms with E-state index in [4.69, 9.17) is 9.47 Å². The summed E-state index contributed by atoms with van der Waals surface area (Å²) in [6.07, 6.45) is 1.57. The Bertz CT molecular complexity index is 1090. The number of halogens is 1. The predicted molar refractivity (Wildman–Crippen MR) is 133 cm³/mol. The average Bonchev–Trinajstić information content (AvgIpc) is 3.07. The van der Waals surface area contributed by atoms with Gasteiger partial charge in [-0.2, -0.15) is 0 Å². The van der Waals surface area contributed by atoms with Gasteiger partial charge in [-0.15, -0.1) is 0 Å². The van der Waals surface area contributed by atoms with E-state index in [-0.39, 0.29) is 5.91 Å². The monoisotopic (exact) mass is 499 g/mol. The van der Waals surface area contributed by atoms with Crippen molar-refractivity contribution in [3.8, 4) is 11.5 Å². The Morgan fingerprint density at radius 2 is 1.75 bits per heavy atom. The molecule has 2 aromatic carbocycles. The fourth-order valence-corrected chi connectivity index (χ4v) is 4.09. The highest BCUT2D eigenvalue weighted by Gasteiger charge is 2.49. The number of hydrogen-bond donors (Lipinski definition) is 1. The van der Waals surface area contributed by atoms with Crippen LogP contribution in [0.25, 0.3) is 0 Å². The SMILES string of the molecule is CCCOc1ccc(CN(CCC)C(=O)CN2C(=O)NC(C)(c3ccc(F)cc3)C2=O)cc1OCC. The quantitative estimate of drug-likeness (QED) is 0.442. The molecule has 0 spiro atoms. The molecule has 36 heavy (non-hydrogen) atoms. The first-order valence-electron chi connectivity index (χ1n) is 12.3. The number of hydrogen-bond acceptors (Lipinski definition) is 5. The Balaban J connectivity index is 1.75. The molecule has 1 saturated heterocycles. The molecule has 3 rings (SSSR count). The van der Waals surface area contributed by atoms with Gasteiger partial charge in [-0.3, -0.25) is 14.5 Å². The largest absolute Gasteiger partial charge is 0.490 e. The summed E-state index contributed by atoms with van der Waals surface area (Å²) in [6, 6.07) is 10.3. The highest BCUT2D eigenvalue weighted by atomic mass is 19.1. The first kappa shape index (κ1) is 27.0. The fourth-order valence-electron chi connectivity index (χ4n) is 4.09. The number of carbonyl (C=O) groups excluding carboxylic acids is 3. The molecule has 8 nitrogen and oxygen atoms in total. The lowest BCUT2D eigenvalue weighted by Crippen LogP contribution is -2.44. The molecule has 2 aromatic rings. The van der Waals surface area contributed by atoms with Gasteiger partial charge in [-0.1, -0.05) is 32.0 Å². The van der Waals surface area contributed by atoms with Crippen molar-refractivity contribution in [1.82, 2.24) is 15.1 Å². The summed E-state index contributed by atoms with van der Waals surface area (Å²) in [4.78, 5) is 41.6. The number of ether oxygens (including phenoxy) is 2. The Labute approximate surface area is 211 Å². The summed E-state index contributed by atoms with van der Waals surface area (Å²) in [6.45, 7) is 8.81. The molecule has 194 valence electrons. The highest BCUT2D eigenvalue weighted by Crippen LogP contribution is 2.30. The second-order valence-corrected chi connectivity index (χ2v) is 8.83. The number of rotatable bonds is 12. The topological polar surface area (TPSA) is 88.2 Å². The second kappa shape index (κ2) is 11.9. The molecule has 0 bridgehead atoms. The van der Waals surface area contributed by atoms with Gasteiger partial charge in [-0.05, 0) is 62.1 Å². The summed E-state index contributed by atoms with van der Waals surface area (Å²) < 4.78 is 24.8. The smallest absolute Gasteiger partial charge is 0.325 e.